The highest BCUT2D eigenvalue weighted by molar-refractivity contribution is 8.00. The molecular formula is C14H25N3OS2. The van der Waals surface area contributed by atoms with E-state index in [4.69, 9.17) is 18.0 Å². The molecule has 0 saturated carbocycles. The van der Waals surface area contributed by atoms with Crippen LogP contribution in [-0.4, -0.2) is 63.4 Å². The summed E-state index contributed by atoms with van der Waals surface area (Å²) in [6, 6.07) is 0. The third kappa shape index (κ3) is 3.46. The Kier molecular flexibility index (Phi) is 5.31. The Hall–Kier alpha value is -0.330. The molecule has 20 heavy (non-hydrogen) atoms. The van der Waals surface area contributed by atoms with Gasteiger partial charge in [-0.25, -0.2) is 0 Å². The lowest BCUT2D eigenvalue weighted by Gasteiger charge is -2.44. The minimum Gasteiger partial charge on any atom is -0.392 e. The summed E-state index contributed by atoms with van der Waals surface area (Å²) in [6.07, 6.45) is 3.49. The molecule has 2 N–H and O–H groups in total. The third-order valence-corrected chi connectivity index (χ3v) is 6.30. The predicted octanol–water partition coefficient (Wildman–Crippen LogP) is 1.48. The quantitative estimate of drug-likeness (QED) is 0.800. The minimum absolute atomic E-state index is 0.193. The topological polar surface area (TPSA) is 49.6 Å². The van der Waals surface area contributed by atoms with Crippen molar-refractivity contribution in [2.45, 2.75) is 43.9 Å². The number of carbonyl (C=O) groups is 1. The third-order valence-electron chi connectivity index (χ3n) is 4.44. The van der Waals surface area contributed by atoms with Gasteiger partial charge in [-0.3, -0.25) is 9.69 Å². The number of nitrogens with two attached hydrogens (primary N) is 1. The first-order chi connectivity index (χ1) is 9.43. The maximum absolute atomic E-state index is 12.5. The Bertz CT molecular complexity index is 373. The lowest BCUT2D eigenvalue weighted by molar-refractivity contribution is -0.133. The fourth-order valence-corrected chi connectivity index (χ4v) is 4.19. The van der Waals surface area contributed by atoms with E-state index in [1.54, 1.807) is 0 Å². The van der Waals surface area contributed by atoms with Crippen LogP contribution in [0.15, 0.2) is 0 Å². The van der Waals surface area contributed by atoms with Crippen LogP contribution >= 0.6 is 24.0 Å². The van der Waals surface area contributed by atoms with E-state index in [2.05, 4.69) is 18.7 Å². The molecule has 1 amide bonds. The van der Waals surface area contributed by atoms with Gasteiger partial charge in [0.2, 0.25) is 5.91 Å². The molecule has 2 fully saturated rings. The number of amides is 1. The van der Waals surface area contributed by atoms with Crippen LogP contribution in [0.4, 0.5) is 0 Å². The van der Waals surface area contributed by atoms with Crippen LogP contribution in [-0.2, 0) is 4.79 Å². The lowest BCUT2D eigenvalue weighted by atomic mass is 10.0. The molecule has 0 aromatic carbocycles. The van der Waals surface area contributed by atoms with Crippen LogP contribution in [0.2, 0.25) is 0 Å². The van der Waals surface area contributed by atoms with Gasteiger partial charge in [0, 0.05) is 26.2 Å². The maximum Gasteiger partial charge on any atom is 0.235 e. The largest absolute Gasteiger partial charge is 0.392 e. The van der Waals surface area contributed by atoms with Crippen LogP contribution in [0.5, 0.6) is 0 Å². The fraction of sp³-hybridized carbons (Fsp3) is 0.857. The van der Waals surface area contributed by atoms with E-state index >= 15 is 0 Å². The van der Waals surface area contributed by atoms with Gasteiger partial charge in [0.15, 0.2) is 0 Å². The zero-order valence-corrected chi connectivity index (χ0v) is 14.1. The van der Waals surface area contributed by atoms with Crippen molar-refractivity contribution in [3.63, 3.8) is 0 Å². The molecule has 1 unspecified atom stereocenters. The molecule has 0 aromatic heterocycles. The minimum atomic E-state index is -0.260. The summed E-state index contributed by atoms with van der Waals surface area (Å²) in [6.45, 7) is 7.42. The lowest BCUT2D eigenvalue weighted by Crippen LogP contribution is -2.60. The summed E-state index contributed by atoms with van der Waals surface area (Å²) in [5.74, 6) is 1.47. The normalized spacial score (nSPS) is 25.5. The number of hydrogen-bond acceptors (Lipinski definition) is 4. The summed E-state index contributed by atoms with van der Waals surface area (Å²) in [5, 5.41) is 0.193. The Balaban J connectivity index is 1.87. The van der Waals surface area contributed by atoms with E-state index in [1.807, 2.05) is 16.7 Å². The van der Waals surface area contributed by atoms with Crippen molar-refractivity contribution in [2.75, 3.05) is 31.9 Å². The standard InChI is InChI=1S/C14H25N3OS2/c1-14(2,13(15)19)17-8-6-16(7-9-17)12(18)11-5-3-4-10-20-11/h11H,3-10H2,1-2H3,(H2,15,19). The molecule has 2 rings (SSSR count). The monoisotopic (exact) mass is 315 g/mol. The van der Waals surface area contributed by atoms with E-state index < -0.39 is 0 Å². The summed E-state index contributed by atoms with van der Waals surface area (Å²) < 4.78 is 0. The molecule has 6 heteroatoms. The van der Waals surface area contributed by atoms with Crippen molar-refractivity contribution in [3.05, 3.63) is 0 Å². The molecular weight excluding hydrogens is 290 g/mol. The summed E-state index contributed by atoms with van der Waals surface area (Å²) >= 11 is 6.98. The number of hydrogen-bond donors (Lipinski definition) is 1. The Morgan fingerprint density at radius 1 is 1.25 bits per heavy atom. The number of thiocarbonyl (C=S) groups is 1. The zero-order valence-electron chi connectivity index (χ0n) is 12.4. The highest BCUT2D eigenvalue weighted by atomic mass is 32.2. The Labute approximate surface area is 131 Å². The second-order valence-electron chi connectivity index (χ2n) is 6.09. The number of nitrogens with zero attached hydrogens (tertiary/aromatic N) is 2. The van der Waals surface area contributed by atoms with Crippen molar-refractivity contribution >= 4 is 34.9 Å². The highest BCUT2D eigenvalue weighted by Crippen LogP contribution is 2.27. The number of thioether (sulfide) groups is 1. The van der Waals surface area contributed by atoms with E-state index in [-0.39, 0.29) is 10.8 Å². The Morgan fingerprint density at radius 3 is 2.40 bits per heavy atom. The van der Waals surface area contributed by atoms with Gasteiger partial charge in [-0.2, -0.15) is 0 Å². The fourth-order valence-electron chi connectivity index (χ4n) is 2.78. The predicted molar refractivity (Wildman–Crippen MR) is 89.1 cm³/mol. The van der Waals surface area contributed by atoms with Crippen LogP contribution in [0.3, 0.4) is 0 Å². The van der Waals surface area contributed by atoms with Crippen molar-refractivity contribution < 1.29 is 4.79 Å². The van der Waals surface area contributed by atoms with Gasteiger partial charge >= 0.3 is 0 Å². The molecule has 2 aliphatic rings. The van der Waals surface area contributed by atoms with Gasteiger partial charge in [-0.1, -0.05) is 18.6 Å². The average Bonchev–Trinajstić information content (AvgIpc) is 2.47. The van der Waals surface area contributed by atoms with Gasteiger partial charge in [0.05, 0.1) is 15.8 Å². The molecule has 0 aliphatic carbocycles. The summed E-state index contributed by atoms with van der Waals surface area (Å²) in [5.41, 5.74) is 5.56. The molecule has 1 atom stereocenters. The van der Waals surface area contributed by atoms with Gasteiger partial charge in [-0.05, 0) is 32.4 Å². The van der Waals surface area contributed by atoms with Crippen molar-refractivity contribution in [1.82, 2.24) is 9.80 Å². The molecule has 0 aromatic rings. The molecule has 0 spiro atoms. The molecule has 2 heterocycles. The smallest absolute Gasteiger partial charge is 0.235 e. The first kappa shape index (κ1) is 16.0. The second-order valence-corrected chi connectivity index (χ2v) is 7.84. The van der Waals surface area contributed by atoms with Crippen LogP contribution in [0.25, 0.3) is 0 Å². The summed E-state index contributed by atoms with van der Waals surface area (Å²) in [4.78, 5) is 17.3. The highest BCUT2D eigenvalue weighted by Gasteiger charge is 2.35. The average molecular weight is 316 g/mol. The summed E-state index contributed by atoms with van der Waals surface area (Å²) in [7, 11) is 0. The van der Waals surface area contributed by atoms with Gasteiger partial charge in [0.25, 0.3) is 0 Å². The molecule has 114 valence electrons. The van der Waals surface area contributed by atoms with Gasteiger partial charge in [0.1, 0.15) is 0 Å². The zero-order chi connectivity index (χ0) is 14.8. The van der Waals surface area contributed by atoms with Crippen molar-refractivity contribution in [1.29, 1.82) is 0 Å². The van der Waals surface area contributed by atoms with Crippen LogP contribution < -0.4 is 5.73 Å². The van der Waals surface area contributed by atoms with Crippen molar-refractivity contribution in [2.24, 2.45) is 5.73 Å². The first-order valence-corrected chi connectivity index (χ1v) is 8.84. The van der Waals surface area contributed by atoms with Crippen LogP contribution in [0.1, 0.15) is 33.1 Å². The number of rotatable bonds is 3. The van der Waals surface area contributed by atoms with E-state index in [1.165, 1.54) is 12.8 Å². The Morgan fingerprint density at radius 2 is 1.90 bits per heavy atom. The maximum atomic E-state index is 12.5. The SMILES string of the molecule is CC(C)(C(N)=S)N1CCN(C(=O)C2CCCCS2)CC1. The van der Waals surface area contributed by atoms with Gasteiger partial charge in [-0.15, -0.1) is 11.8 Å². The molecule has 2 saturated heterocycles. The van der Waals surface area contributed by atoms with E-state index in [0.29, 0.717) is 10.9 Å². The van der Waals surface area contributed by atoms with Gasteiger partial charge < -0.3 is 10.6 Å². The second kappa shape index (κ2) is 6.62. The van der Waals surface area contributed by atoms with Crippen molar-refractivity contribution in [3.8, 4) is 0 Å². The van der Waals surface area contributed by atoms with E-state index in [9.17, 15) is 4.79 Å². The number of carbonyl (C=O) groups excluding carboxylic acids is 1. The van der Waals surface area contributed by atoms with Crippen LogP contribution in [0, 0.1) is 0 Å². The first-order valence-electron chi connectivity index (χ1n) is 7.38. The number of piperazine rings is 1. The molecule has 0 radical (unpaired) electrons. The van der Waals surface area contributed by atoms with E-state index in [0.717, 1.165) is 38.4 Å². The molecule has 0 bridgehead atoms. The molecule has 4 nitrogen and oxygen atoms in total. The molecule has 2 aliphatic heterocycles.